The predicted molar refractivity (Wildman–Crippen MR) is 51.7 cm³/mol. The minimum absolute atomic E-state index is 0.0136. The van der Waals surface area contributed by atoms with Gasteiger partial charge in [-0.15, -0.1) is 0 Å². The Labute approximate surface area is 84.4 Å². The first-order valence-corrected chi connectivity index (χ1v) is 5.57. The fraction of sp³-hybridized carbons (Fsp3) is 0.909. The zero-order valence-corrected chi connectivity index (χ0v) is 8.50. The Morgan fingerprint density at radius 2 is 2.07 bits per heavy atom. The zero-order valence-electron chi connectivity index (χ0n) is 8.50. The van der Waals surface area contributed by atoms with E-state index in [9.17, 15) is 4.79 Å². The molecule has 0 bridgehead atoms. The van der Waals surface area contributed by atoms with Gasteiger partial charge in [0.05, 0.1) is 6.42 Å². The van der Waals surface area contributed by atoms with Gasteiger partial charge in [-0.25, -0.2) is 0 Å². The molecule has 1 N–H and O–H groups in total. The molecule has 1 aliphatic carbocycles. The van der Waals surface area contributed by atoms with Crippen LogP contribution in [0.4, 0.5) is 0 Å². The summed E-state index contributed by atoms with van der Waals surface area (Å²) in [5, 5.41) is 8.94. The minimum atomic E-state index is -0.0645. The number of hydrogen-bond donors (Lipinski definition) is 1. The second-order valence-electron chi connectivity index (χ2n) is 4.59. The second-order valence-corrected chi connectivity index (χ2v) is 4.59. The van der Waals surface area contributed by atoms with Gasteiger partial charge in [0.1, 0.15) is 6.10 Å². The summed E-state index contributed by atoms with van der Waals surface area (Å²) in [6.07, 6.45) is 7.08. The van der Waals surface area contributed by atoms with Crippen LogP contribution in [-0.2, 0) is 9.53 Å². The highest BCUT2D eigenvalue weighted by Crippen LogP contribution is 2.48. The molecule has 3 nitrogen and oxygen atoms in total. The van der Waals surface area contributed by atoms with Crippen molar-refractivity contribution in [1.29, 1.82) is 0 Å². The van der Waals surface area contributed by atoms with E-state index in [0.717, 1.165) is 12.8 Å². The van der Waals surface area contributed by atoms with Gasteiger partial charge in [0.2, 0.25) is 0 Å². The quantitative estimate of drug-likeness (QED) is 0.686. The third-order valence-corrected chi connectivity index (χ3v) is 3.69. The molecular weight excluding hydrogens is 180 g/mol. The molecule has 0 radical (unpaired) electrons. The molecule has 3 heteroatoms. The number of carbonyl (C=O) groups is 1. The van der Waals surface area contributed by atoms with E-state index < -0.39 is 0 Å². The van der Waals surface area contributed by atoms with Gasteiger partial charge in [0.25, 0.3) is 0 Å². The molecule has 2 aliphatic rings. The maximum absolute atomic E-state index is 11.3. The van der Waals surface area contributed by atoms with E-state index in [1.165, 1.54) is 19.3 Å². The summed E-state index contributed by atoms with van der Waals surface area (Å²) in [6.45, 7) is 0.125. The molecule has 1 saturated carbocycles. The molecule has 0 amide bonds. The summed E-state index contributed by atoms with van der Waals surface area (Å²) in [7, 11) is 0. The lowest BCUT2D eigenvalue weighted by Gasteiger charge is -2.35. The smallest absolute Gasteiger partial charge is 0.306 e. The Morgan fingerprint density at radius 1 is 1.36 bits per heavy atom. The number of ether oxygens (including phenoxy) is 1. The first-order chi connectivity index (χ1) is 6.77. The summed E-state index contributed by atoms with van der Waals surface area (Å²) < 4.78 is 5.30. The fourth-order valence-corrected chi connectivity index (χ4v) is 2.96. The van der Waals surface area contributed by atoms with Gasteiger partial charge >= 0.3 is 5.97 Å². The lowest BCUT2D eigenvalue weighted by Crippen LogP contribution is -2.33. The first-order valence-electron chi connectivity index (χ1n) is 5.57. The van der Waals surface area contributed by atoms with E-state index in [1.807, 2.05) is 0 Å². The second kappa shape index (κ2) is 3.89. The molecule has 0 aromatic rings. The molecule has 80 valence electrons. The van der Waals surface area contributed by atoms with Crippen molar-refractivity contribution in [3.8, 4) is 0 Å². The van der Waals surface area contributed by atoms with E-state index in [2.05, 4.69) is 0 Å². The molecular formula is C11H18O3. The van der Waals surface area contributed by atoms with Crippen LogP contribution >= 0.6 is 0 Å². The maximum atomic E-state index is 11.3. The van der Waals surface area contributed by atoms with Crippen LogP contribution in [0.1, 0.15) is 44.9 Å². The van der Waals surface area contributed by atoms with Gasteiger partial charge in [0.15, 0.2) is 0 Å². The number of esters is 1. The van der Waals surface area contributed by atoms with Crippen molar-refractivity contribution < 1.29 is 14.6 Å². The van der Waals surface area contributed by atoms with E-state index in [0.29, 0.717) is 12.8 Å². The molecule has 14 heavy (non-hydrogen) atoms. The number of aliphatic hydroxyl groups is 1. The van der Waals surface area contributed by atoms with Gasteiger partial charge in [-0.1, -0.05) is 19.3 Å². The van der Waals surface area contributed by atoms with Crippen molar-refractivity contribution in [1.82, 2.24) is 0 Å². The molecule has 1 atom stereocenters. The van der Waals surface area contributed by atoms with E-state index in [1.54, 1.807) is 0 Å². The van der Waals surface area contributed by atoms with Crippen LogP contribution in [0.5, 0.6) is 0 Å². The number of carbonyl (C=O) groups excluding carboxylic acids is 1. The summed E-state index contributed by atoms with van der Waals surface area (Å²) in [5.41, 5.74) is 0.0814. The van der Waals surface area contributed by atoms with Gasteiger partial charge in [-0.2, -0.15) is 0 Å². The van der Waals surface area contributed by atoms with Crippen molar-refractivity contribution in [3.05, 3.63) is 0 Å². The number of hydrogen-bond acceptors (Lipinski definition) is 3. The predicted octanol–water partition coefficient (Wildman–Crippen LogP) is 1.63. The Hall–Kier alpha value is -0.570. The van der Waals surface area contributed by atoms with Crippen LogP contribution in [0.15, 0.2) is 0 Å². The van der Waals surface area contributed by atoms with Crippen molar-refractivity contribution in [2.24, 2.45) is 5.41 Å². The van der Waals surface area contributed by atoms with Gasteiger partial charge in [-0.3, -0.25) is 4.79 Å². The Bertz CT molecular complexity index is 219. The van der Waals surface area contributed by atoms with Crippen LogP contribution in [0.3, 0.4) is 0 Å². The Kier molecular flexibility index (Phi) is 2.77. The summed E-state index contributed by atoms with van der Waals surface area (Å²) in [5.74, 6) is -0.0645. The number of cyclic esters (lactones) is 1. The van der Waals surface area contributed by atoms with Gasteiger partial charge in [0, 0.05) is 18.4 Å². The average molecular weight is 198 g/mol. The minimum Gasteiger partial charge on any atom is -0.462 e. The molecule has 1 spiro atoms. The molecule has 0 aromatic heterocycles. The van der Waals surface area contributed by atoms with E-state index in [-0.39, 0.29) is 24.1 Å². The van der Waals surface area contributed by atoms with E-state index >= 15 is 0 Å². The van der Waals surface area contributed by atoms with Gasteiger partial charge < -0.3 is 9.84 Å². The average Bonchev–Trinajstić information content (AvgIpc) is 2.45. The van der Waals surface area contributed by atoms with E-state index in [4.69, 9.17) is 9.84 Å². The molecule has 1 heterocycles. The lowest BCUT2D eigenvalue weighted by atomic mass is 9.69. The highest BCUT2D eigenvalue weighted by atomic mass is 16.6. The van der Waals surface area contributed by atoms with Crippen LogP contribution < -0.4 is 0 Å². The number of aliphatic hydroxyl groups excluding tert-OH is 1. The summed E-state index contributed by atoms with van der Waals surface area (Å²) in [6, 6.07) is 0. The standard InChI is InChI=1S/C11H18O3/c12-7-4-9-11(8-10(13)14-9)5-2-1-3-6-11/h9,12H,1-8H2. The molecule has 0 aromatic carbocycles. The van der Waals surface area contributed by atoms with Gasteiger partial charge in [-0.05, 0) is 12.8 Å². The fourth-order valence-electron chi connectivity index (χ4n) is 2.96. The maximum Gasteiger partial charge on any atom is 0.306 e. The molecule has 1 saturated heterocycles. The molecule has 2 fully saturated rings. The molecule has 1 aliphatic heterocycles. The third kappa shape index (κ3) is 1.65. The van der Waals surface area contributed by atoms with Crippen molar-refractivity contribution in [2.75, 3.05) is 6.61 Å². The van der Waals surface area contributed by atoms with Crippen molar-refractivity contribution >= 4 is 5.97 Å². The monoisotopic (exact) mass is 198 g/mol. The first kappa shape index (κ1) is 9.97. The lowest BCUT2D eigenvalue weighted by molar-refractivity contribution is -0.142. The van der Waals surface area contributed by atoms with Crippen LogP contribution in [0, 0.1) is 5.41 Å². The van der Waals surface area contributed by atoms with Crippen LogP contribution in [-0.4, -0.2) is 23.8 Å². The zero-order chi connectivity index (χ0) is 10.0. The topological polar surface area (TPSA) is 46.5 Å². The largest absolute Gasteiger partial charge is 0.462 e. The SMILES string of the molecule is O=C1CC2(CCCCC2)C(CCO)O1. The Morgan fingerprint density at radius 3 is 2.71 bits per heavy atom. The van der Waals surface area contributed by atoms with Crippen LogP contribution in [0.25, 0.3) is 0 Å². The van der Waals surface area contributed by atoms with Crippen molar-refractivity contribution in [2.45, 2.75) is 51.0 Å². The Balaban J connectivity index is 2.09. The third-order valence-electron chi connectivity index (χ3n) is 3.69. The highest BCUT2D eigenvalue weighted by molar-refractivity contribution is 5.73. The summed E-state index contributed by atoms with van der Waals surface area (Å²) in [4.78, 5) is 11.3. The molecule has 2 rings (SSSR count). The highest BCUT2D eigenvalue weighted by Gasteiger charge is 2.48. The normalized spacial score (nSPS) is 30.6. The summed E-state index contributed by atoms with van der Waals surface area (Å²) >= 11 is 0. The van der Waals surface area contributed by atoms with Crippen molar-refractivity contribution in [3.63, 3.8) is 0 Å². The number of rotatable bonds is 2. The van der Waals surface area contributed by atoms with Crippen LogP contribution in [0.2, 0.25) is 0 Å². The molecule has 1 unspecified atom stereocenters.